The molecule has 6 heteroatoms. The number of aromatic nitrogens is 1. The SMILES string of the molecule is Cc1cc(/C=C(\C#N)C(=O)O[C@@H](C)C(=O)c2ccc(Cl)cc2)c(C)n1CCC(C)C. The lowest BCUT2D eigenvalue weighted by Gasteiger charge is -2.12. The van der Waals surface area contributed by atoms with E-state index < -0.39 is 12.1 Å². The highest BCUT2D eigenvalue weighted by molar-refractivity contribution is 6.30. The van der Waals surface area contributed by atoms with E-state index in [2.05, 4.69) is 18.4 Å². The standard InChI is InChI=1S/C24H27ClN2O3/c1-15(2)10-11-27-16(3)12-20(17(27)4)13-21(14-26)24(29)30-18(5)23(28)19-6-8-22(25)9-7-19/h6-9,12-13,15,18H,10-11H2,1-5H3/b21-13+/t18-/m0/s1. The van der Waals surface area contributed by atoms with Gasteiger partial charge in [-0.15, -0.1) is 0 Å². The Balaban J connectivity index is 2.17. The van der Waals surface area contributed by atoms with Crippen molar-refractivity contribution in [3.63, 3.8) is 0 Å². The number of carbonyl (C=O) groups excluding carboxylic acids is 2. The number of esters is 1. The Labute approximate surface area is 182 Å². The number of nitrogens with zero attached hydrogens (tertiary/aromatic N) is 2. The fourth-order valence-corrected chi connectivity index (χ4v) is 3.25. The van der Waals surface area contributed by atoms with Crippen molar-refractivity contribution < 1.29 is 14.3 Å². The third-order valence-electron chi connectivity index (χ3n) is 4.96. The molecule has 0 amide bonds. The number of carbonyl (C=O) groups is 2. The van der Waals surface area contributed by atoms with Crippen LogP contribution in [0.2, 0.25) is 5.02 Å². The fraction of sp³-hybridized carbons (Fsp3) is 0.375. The lowest BCUT2D eigenvalue weighted by atomic mass is 10.1. The van der Waals surface area contributed by atoms with Crippen molar-refractivity contribution in [2.24, 2.45) is 5.92 Å². The van der Waals surface area contributed by atoms with Crippen LogP contribution < -0.4 is 0 Å². The molecule has 1 aromatic heterocycles. The summed E-state index contributed by atoms with van der Waals surface area (Å²) in [5.74, 6) is -0.599. The summed E-state index contributed by atoms with van der Waals surface area (Å²) in [6, 6.07) is 10.2. The molecule has 0 bridgehead atoms. The second-order valence-corrected chi connectivity index (χ2v) is 8.19. The van der Waals surface area contributed by atoms with Crippen LogP contribution in [0.15, 0.2) is 35.9 Å². The maximum atomic E-state index is 12.5. The van der Waals surface area contributed by atoms with Crippen LogP contribution in [0.25, 0.3) is 6.08 Å². The van der Waals surface area contributed by atoms with Gasteiger partial charge < -0.3 is 9.30 Å². The largest absolute Gasteiger partial charge is 0.450 e. The molecule has 0 aliphatic rings. The Morgan fingerprint density at radius 1 is 1.20 bits per heavy atom. The molecule has 2 aromatic rings. The van der Waals surface area contributed by atoms with Gasteiger partial charge in [-0.25, -0.2) is 4.79 Å². The van der Waals surface area contributed by atoms with Gasteiger partial charge in [0.2, 0.25) is 5.78 Å². The predicted molar refractivity (Wildman–Crippen MR) is 118 cm³/mol. The molecule has 0 unspecified atom stereocenters. The average molecular weight is 427 g/mol. The molecule has 0 aliphatic carbocycles. The first kappa shape index (κ1) is 23.4. The third-order valence-corrected chi connectivity index (χ3v) is 5.22. The first-order valence-electron chi connectivity index (χ1n) is 9.93. The van der Waals surface area contributed by atoms with E-state index in [4.69, 9.17) is 16.3 Å². The van der Waals surface area contributed by atoms with Gasteiger partial charge in [0, 0.05) is 28.5 Å². The Kier molecular flexibility index (Phi) is 8.02. The van der Waals surface area contributed by atoms with Gasteiger partial charge in [-0.2, -0.15) is 5.26 Å². The highest BCUT2D eigenvalue weighted by Crippen LogP contribution is 2.20. The van der Waals surface area contributed by atoms with Crippen molar-refractivity contribution in [1.82, 2.24) is 4.57 Å². The van der Waals surface area contributed by atoms with Crippen molar-refractivity contribution in [2.75, 3.05) is 0 Å². The smallest absolute Gasteiger partial charge is 0.349 e. The van der Waals surface area contributed by atoms with Gasteiger partial charge in [0.05, 0.1) is 0 Å². The summed E-state index contributed by atoms with van der Waals surface area (Å²) >= 11 is 5.84. The third kappa shape index (κ3) is 5.84. The minimum atomic E-state index is -1.02. The number of ketones is 1. The van der Waals surface area contributed by atoms with E-state index >= 15 is 0 Å². The number of rotatable bonds is 8. The summed E-state index contributed by atoms with van der Waals surface area (Å²) in [6.45, 7) is 10.7. The average Bonchev–Trinajstić information content (AvgIpc) is 2.96. The fourth-order valence-electron chi connectivity index (χ4n) is 3.12. The Bertz CT molecular complexity index is 995. The summed E-state index contributed by atoms with van der Waals surface area (Å²) in [4.78, 5) is 25.0. The zero-order chi connectivity index (χ0) is 22.4. The molecule has 0 aliphatic heterocycles. The molecule has 0 spiro atoms. The van der Waals surface area contributed by atoms with Gasteiger partial charge in [-0.3, -0.25) is 4.79 Å². The maximum Gasteiger partial charge on any atom is 0.349 e. The van der Waals surface area contributed by atoms with Crippen LogP contribution in [0.5, 0.6) is 0 Å². The van der Waals surface area contributed by atoms with E-state index in [1.165, 1.54) is 13.0 Å². The number of ether oxygens (including phenoxy) is 1. The van der Waals surface area contributed by atoms with E-state index in [1.807, 2.05) is 26.0 Å². The molecule has 1 aromatic carbocycles. The van der Waals surface area contributed by atoms with Crippen LogP contribution in [0.1, 0.15) is 54.5 Å². The molecule has 5 nitrogen and oxygen atoms in total. The summed E-state index contributed by atoms with van der Waals surface area (Å²) in [7, 11) is 0. The van der Waals surface area contributed by atoms with Crippen LogP contribution in [0, 0.1) is 31.1 Å². The van der Waals surface area contributed by atoms with Gasteiger partial charge in [0.1, 0.15) is 11.6 Å². The number of nitriles is 1. The Morgan fingerprint density at radius 2 is 1.83 bits per heavy atom. The minimum absolute atomic E-state index is 0.144. The highest BCUT2D eigenvalue weighted by Gasteiger charge is 2.22. The summed E-state index contributed by atoms with van der Waals surface area (Å²) in [5.41, 5.74) is 3.09. The molecule has 158 valence electrons. The van der Waals surface area contributed by atoms with Crippen LogP contribution in [0.3, 0.4) is 0 Å². The van der Waals surface area contributed by atoms with Crippen molar-refractivity contribution in [3.05, 3.63) is 63.4 Å². The lowest BCUT2D eigenvalue weighted by molar-refractivity contribution is -0.141. The molecule has 0 saturated heterocycles. The van der Waals surface area contributed by atoms with Crippen LogP contribution in [-0.2, 0) is 16.1 Å². The van der Waals surface area contributed by atoms with Crippen molar-refractivity contribution >= 4 is 29.4 Å². The lowest BCUT2D eigenvalue weighted by Crippen LogP contribution is -2.25. The Morgan fingerprint density at radius 3 is 2.40 bits per heavy atom. The van der Waals surface area contributed by atoms with Crippen LogP contribution in [0.4, 0.5) is 0 Å². The number of hydrogen-bond donors (Lipinski definition) is 0. The number of hydrogen-bond acceptors (Lipinski definition) is 4. The molecule has 0 fully saturated rings. The quantitative estimate of drug-likeness (QED) is 0.241. The topological polar surface area (TPSA) is 72.1 Å². The Hall–Kier alpha value is -2.84. The first-order valence-corrected chi connectivity index (χ1v) is 10.3. The van der Waals surface area contributed by atoms with Gasteiger partial charge in [-0.1, -0.05) is 25.4 Å². The van der Waals surface area contributed by atoms with E-state index in [0.717, 1.165) is 29.9 Å². The summed E-state index contributed by atoms with van der Waals surface area (Å²) in [6.07, 6.45) is 1.54. The van der Waals surface area contributed by atoms with E-state index in [1.54, 1.807) is 24.3 Å². The molecular weight excluding hydrogens is 400 g/mol. The van der Waals surface area contributed by atoms with Gasteiger partial charge >= 0.3 is 5.97 Å². The number of benzene rings is 1. The molecule has 0 N–H and O–H groups in total. The monoisotopic (exact) mass is 426 g/mol. The molecule has 1 atom stereocenters. The zero-order valence-electron chi connectivity index (χ0n) is 18.0. The van der Waals surface area contributed by atoms with Crippen molar-refractivity contribution in [1.29, 1.82) is 5.26 Å². The van der Waals surface area contributed by atoms with E-state index in [-0.39, 0.29) is 11.4 Å². The van der Waals surface area contributed by atoms with Crippen molar-refractivity contribution in [2.45, 2.75) is 53.7 Å². The predicted octanol–water partition coefficient (Wildman–Crippen LogP) is 5.53. The maximum absolute atomic E-state index is 12.5. The van der Waals surface area contributed by atoms with Crippen molar-refractivity contribution in [3.8, 4) is 6.07 Å². The normalized spacial score (nSPS) is 12.5. The second kappa shape index (κ2) is 10.3. The van der Waals surface area contributed by atoms with E-state index in [0.29, 0.717) is 16.5 Å². The molecule has 2 rings (SSSR count). The number of halogens is 1. The molecular formula is C24H27ClN2O3. The molecule has 0 saturated carbocycles. The van der Waals surface area contributed by atoms with Gasteiger partial charge in [-0.05, 0) is 75.1 Å². The van der Waals surface area contributed by atoms with Gasteiger partial charge in [0.15, 0.2) is 6.10 Å². The van der Waals surface area contributed by atoms with Gasteiger partial charge in [0.25, 0.3) is 0 Å². The molecule has 30 heavy (non-hydrogen) atoms. The van der Waals surface area contributed by atoms with Crippen LogP contribution >= 0.6 is 11.6 Å². The second-order valence-electron chi connectivity index (χ2n) is 7.75. The summed E-state index contributed by atoms with van der Waals surface area (Å²) in [5, 5.41) is 9.99. The minimum Gasteiger partial charge on any atom is -0.450 e. The van der Waals surface area contributed by atoms with Crippen LogP contribution in [-0.4, -0.2) is 22.4 Å². The molecule has 0 radical (unpaired) electrons. The highest BCUT2D eigenvalue weighted by atomic mass is 35.5. The first-order chi connectivity index (χ1) is 14.1. The van der Waals surface area contributed by atoms with E-state index in [9.17, 15) is 14.9 Å². The number of Topliss-reactive ketones (excluding diaryl/α,β-unsaturated/α-hetero) is 1. The summed E-state index contributed by atoms with van der Waals surface area (Å²) < 4.78 is 7.44. The zero-order valence-corrected chi connectivity index (χ0v) is 18.8. The molecule has 1 heterocycles. The number of aryl methyl sites for hydroxylation is 1.